The van der Waals surface area contributed by atoms with Crippen molar-refractivity contribution < 1.29 is 27.9 Å². The first kappa shape index (κ1) is 16.6. The summed E-state index contributed by atoms with van der Waals surface area (Å²) in [5.74, 6) is -2.52. The molecule has 1 rings (SSSR count). The van der Waals surface area contributed by atoms with Gasteiger partial charge in [-0.2, -0.15) is 13.2 Å². The number of carbonyl (C=O) groups is 2. The molecule has 0 atom stereocenters. The van der Waals surface area contributed by atoms with Gasteiger partial charge in [0, 0.05) is 19.1 Å². The molecule has 5 nitrogen and oxygen atoms in total. The van der Waals surface area contributed by atoms with Gasteiger partial charge in [-0.3, -0.25) is 4.79 Å². The van der Waals surface area contributed by atoms with Crippen LogP contribution in [-0.4, -0.2) is 58.8 Å². The molecule has 0 aromatic heterocycles. The third-order valence-corrected chi connectivity index (χ3v) is 3.40. The van der Waals surface area contributed by atoms with E-state index in [0.717, 1.165) is 4.90 Å². The van der Waals surface area contributed by atoms with Crippen LogP contribution >= 0.6 is 0 Å². The number of urea groups is 1. The molecule has 1 aliphatic heterocycles. The number of hydrogen-bond donors (Lipinski definition) is 1. The highest BCUT2D eigenvalue weighted by Gasteiger charge is 2.42. The second-order valence-corrected chi connectivity index (χ2v) is 5.20. The average molecular weight is 296 g/mol. The number of carbonyl (C=O) groups excluding carboxylic acids is 1. The van der Waals surface area contributed by atoms with Crippen LogP contribution in [0, 0.1) is 5.92 Å². The summed E-state index contributed by atoms with van der Waals surface area (Å²) in [5, 5.41) is 8.77. The lowest BCUT2D eigenvalue weighted by Crippen LogP contribution is -2.51. The molecule has 0 unspecified atom stereocenters. The second kappa shape index (κ2) is 6.32. The summed E-state index contributed by atoms with van der Waals surface area (Å²) in [4.78, 5) is 25.3. The van der Waals surface area contributed by atoms with Crippen LogP contribution in [0.1, 0.15) is 26.7 Å². The standard InChI is InChI=1S/C12H19F3N2O3/c1-8(2)17(7-10(18)19)11(20)16-5-3-9(4-6-16)12(13,14)15/h8-9H,3-7H2,1-2H3,(H,18,19). The summed E-state index contributed by atoms with van der Waals surface area (Å²) < 4.78 is 37.6. The molecule has 2 amide bonds. The number of alkyl halides is 3. The first-order valence-corrected chi connectivity index (χ1v) is 6.47. The molecule has 20 heavy (non-hydrogen) atoms. The van der Waals surface area contributed by atoms with Crippen LogP contribution in [0.2, 0.25) is 0 Å². The van der Waals surface area contributed by atoms with Gasteiger partial charge in [0.1, 0.15) is 6.54 Å². The van der Waals surface area contributed by atoms with Crippen molar-refractivity contribution in [3.63, 3.8) is 0 Å². The molecule has 0 bridgehead atoms. The summed E-state index contributed by atoms with van der Waals surface area (Å²) in [6.45, 7) is 2.90. The van der Waals surface area contributed by atoms with E-state index in [1.54, 1.807) is 13.8 Å². The van der Waals surface area contributed by atoms with Gasteiger partial charge in [-0.1, -0.05) is 0 Å². The molecular formula is C12H19F3N2O3. The number of nitrogens with zero attached hydrogens (tertiary/aromatic N) is 2. The molecular weight excluding hydrogens is 277 g/mol. The van der Waals surface area contributed by atoms with Gasteiger partial charge in [-0.05, 0) is 26.7 Å². The molecule has 1 heterocycles. The smallest absolute Gasteiger partial charge is 0.391 e. The van der Waals surface area contributed by atoms with E-state index in [9.17, 15) is 22.8 Å². The Kier molecular flexibility index (Phi) is 5.24. The first-order chi connectivity index (χ1) is 9.12. The van der Waals surface area contributed by atoms with Gasteiger partial charge >= 0.3 is 18.2 Å². The van der Waals surface area contributed by atoms with Crippen LogP contribution in [0.5, 0.6) is 0 Å². The Bertz CT molecular complexity index is 363. The normalized spacial score (nSPS) is 17.4. The number of carboxylic acids is 1. The highest BCUT2D eigenvalue weighted by Crippen LogP contribution is 2.34. The van der Waals surface area contributed by atoms with Crippen LogP contribution in [-0.2, 0) is 4.79 Å². The van der Waals surface area contributed by atoms with E-state index in [4.69, 9.17) is 5.11 Å². The van der Waals surface area contributed by atoms with E-state index >= 15 is 0 Å². The van der Waals surface area contributed by atoms with Crippen molar-refractivity contribution in [2.75, 3.05) is 19.6 Å². The van der Waals surface area contributed by atoms with E-state index in [1.165, 1.54) is 4.90 Å². The van der Waals surface area contributed by atoms with E-state index < -0.39 is 30.6 Å². The van der Waals surface area contributed by atoms with E-state index in [0.29, 0.717) is 0 Å². The third kappa shape index (κ3) is 4.28. The van der Waals surface area contributed by atoms with Gasteiger partial charge < -0.3 is 14.9 Å². The minimum Gasteiger partial charge on any atom is -0.480 e. The number of rotatable bonds is 3. The molecule has 0 radical (unpaired) electrons. The number of carboxylic acid groups (broad SMARTS) is 1. The Morgan fingerprint density at radius 2 is 1.80 bits per heavy atom. The van der Waals surface area contributed by atoms with Gasteiger partial charge in [0.15, 0.2) is 0 Å². The lowest BCUT2D eigenvalue weighted by atomic mass is 9.96. The van der Waals surface area contributed by atoms with Gasteiger partial charge in [-0.25, -0.2) is 4.79 Å². The molecule has 0 spiro atoms. The molecule has 1 saturated heterocycles. The Hall–Kier alpha value is -1.47. The van der Waals surface area contributed by atoms with Gasteiger partial charge in [-0.15, -0.1) is 0 Å². The molecule has 0 saturated carbocycles. The Balaban J connectivity index is 2.63. The summed E-state index contributed by atoms with van der Waals surface area (Å²) in [7, 11) is 0. The highest BCUT2D eigenvalue weighted by molar-refractivity contribution is 5.80. The van der Waals surface area contributed by atoms with Crippen LogP contribution in [0.4, 0.5) is 18.0 Å². The maximum absolute atomic E-state index is 12.5. The SMILES string of the molecule is CC(C)N(CC(=O)O)C(=O)N1CCC(C(F)(F)F)CC1. The fraction of sp³-hybridized carbons (Fsp3) is 0.833. The lowest BCUT2D eigenvalue weighted by molar-refractivity contribution is -0.183. The van der Waals surface area contributed by atoms with Crippen molar-refractivity contribution in [1.82, 2.24) is 9.80 Å². The lowest BCUT2D eigenvalue weighted by Gasteiger charge is -2.37. The molecule has 0 aliphatic carbocycles. The van der Waals surface area contributed by atoms with Gasteiger partial charge in [0.2, 0.25) is 0 Å². The predicted molar refractivity (Wildman–Crippen MR) is 65.2 cm³/mol. The molecule has 0 aromatic carbocycles. The average Bonchev–Trinajstić information content (AvgIpc) is 2.33. The molecule has 1 N–H and O–H groups in total. The minimum atomic E-state index is -4.23. The molecule has 1 fully saturated rings. The fourth-order valence-electron chi connectivity index (χ4n) is 2.20. The third-order valence-electron chi connectivity index (χ3n) is 3.40. The first-order valence-electron chi connectivity index (χ1n) is 6.47. The summed E-state index contributed by atoms with van der Waals surface area (Å²) in [6, 6.07) is -0.832. The molecule has 0 aromatic rings. The quantitative estimate of drug-likeness (QED) is 0.868. The maximum Gasteiger partial charge on any atom is 0.391 e. The van der Waals surface area contributed by atoms with Crippen LogP contribution in [0.25, 0.3) is 0 Å². The van der Waals surface area contributed by atoms with Crippen molar-refractivity contribution in [2.45, 2.75) is 38.9 Å². The van der Waals surface area contributed by atoms with E-state index in [2.05, 4.69) is 0 Å². The molecule has 1 aliphatic rings. The number of aliphatic carboxylic acids is 1. The van der Waals surface area contributed by atoms with Crippen LogP contribution in [0.15, 0.2) is 0 Å². The van der Waals surface area contributed by atoms with Crippen molar-refractivity contribution in [2.24, 2.45) is 5.92 Å². The van der Waals surface area contributed by atoms with Crippen molar-refractivity contribution in [1.29, 1.82) is 0 Å². The molecule has 8 heteroatoms. The fourth-order valence-corrected chi connectivity index (χ4v) is 2.20. The number of likely N-dealkylation sites (tertiary alicyclic amines) is 1. The second-order valence-electron chi connectivity index (χ2n) is 5.20. The van der Waals surface area contributed by atoms with Crippen LogP contribution < -0.4 is 0 Å². The summed E-state index contributed by atoms with van der Waals surface area (Å²) in [5.41, 5.74) is 0. The highest BCUT2D eigenvalue weighted by atomic mass is 19.4. The van der Waals surface area contributed by atoms with Crippen molar-refractivity contribution in [3.05, 3.63) is 0 Å². The summed E-state index contributed by atoms with van der Waals surface area (Å²) >= 11 is 0. The number of halogens is 3. The zero-order chi connectivity index (χ0) is 15.5. The van der Waals surface area contributed by atoms with Crippen LogP contribution in [0.3, 0.4) is 0 Å². The predicted octanol–water partition coefficient (Wildman–Crippen LogP) is 2.18. The van der Waals surface area contributed by atoms with Crippen molar-refractivity contribution >= 4 is 12.0 Å². The summed E-state index contributed by atoms with van der Waals surface area (Å²) in [6.07, 6.45) is -4.49. The largest absolute Gasteiger partial charge is 0.480 e. The minimum absolute atomic E-state index is 0.00580. The number of amides is 2. The van der Waals surface area contributed by atoms with Crippen molar-refractivity contribution in [3.8, 4) is 0 Å². The maximum atomic E-state index is 12.5. The topological polar surface area (TPSA) is 60.9 Å². The van der Waals surface area contributed by atoms with E-state index in [1.807, 2.05) is 0 Å². The van der Waals surface area contributed by atoms with E-state index in [-0.39, 0.29) is 32.0 Å². The Morgan fingerprint density at radius 1 is 1.30 bits per heavy atom. The van der Waals surface area contributed by atoms with Gasteiger partial charge in [0.25, 0.3) is 0 Å². The molecule has 116 valence electrons. The van der Waals surface area contributed by atoms with Gasteiger partial charge in [0.05, 0.1) is 5.92 Å². The Morgan fingerprint density at radius 3 is 2.15 bits per heavy atom. The number of hydrogen-bond acceptors (Lipinski definition) is 2. The zero-order valence-corrected chi connectivity index (χ0v) is 11.5. The number of piperidine rings is 1. The Labute approximate surface area is 115 Å². The zero-order valence-electron chi connectivity index (χ0n) is 11.5. The monoisotopic (exact) mass is 296 g/mol.